The van der Waals surface area contributed by atoms with Crippen LogP contribution in [0.3, 0.4) is 0 Å². The molecule has 0 atom stereocenters. The zero-order valence-corrected chi connectivity index (χ0v) is 14.1. The number of benzene rings is 2. The lowest BCUT2D eigenvalue weighted by molar-refractivity contribution is 0.0995. The standard InChI is InChI=1S/C20H17N3O3/c1-13-2-9-17(10-3-13)26-18-11-8-16(12-22-18)23-20(25)15-6-4-14(5-7-15)19(21)24/h2-12H,1H3,(H2,21,24)(H,23,25). The minimum atomic E-state index is -0.537. The Morgan fingerprint density at radius 2 is 1.58 bits per heavy atom. The minimum Gasteiger partial charge on any atom is -0.439 e. The van der Waals surface area contributed by atoms with Gasteiger partial charge in [-0.05, 0) is 49.4 Å². The van der Waals surface area contributed by atoms with E-state index < -0.39 is 5.91 Å². The second-order valence-corrected chi connectivity index (χ2v) is 5.70. The normalized spacial score (nSPS) is 10.2. The molecule has 0 unspecified atom stereocenters. The highest BCUT2D eigenvalue weighted by Gasteiger charge is 2.08. The number of nitrogens with two attached hydrogens (primary N) is 1. The predicted molar refractivity (Wildman–Crippen MR) is 98.4 cm³/mol. The van der Waals surface area contributed by atoms with Crippen LogP contribution in [0.4, 0.5) is 5.69 Å². The molecule has 6 heteroatoms. The molecule has 130 valence electrons. The lowest BCUT2D eigenvalue weighted by Crippen LogP contribution is -2.14. The maximum atomic E-state index is 12.2. The number of anilines is 1. The lowest BCUT2D eigenvalue weighted by atomic mass is 10.1. The summed E-state index contributed by atoms with van der Waals surface area (Å²) in [6, 6.07) is 17.1. The Balaban J connectivity index is 1.64. The first-order chi connectivity index (χ1) is 12.5. The summed E-state index contributed by atoms with van der Waals surface area (Å²) in [5.74, 6) is 0.271. The Kier molecular flexibility index (Phi) is 4.94. The van der Waals surface area contributed by atoms with Crippen LogP contribution in [-0.2, 0) is 0 Å². The van der Waals surface area contributed by atoms with Gasteiger partial charge in [0.1, 0.15) is 5.75 Å². The number of carbonyl (C=O) groups excluding carboxylic acids is 2. The molecule has 0 radical (unpaired) electrons. The maximum Gasteiger partial charge on any atom is 0.255 e. The molecule has 3 aromatic rings. The van der Waals surface area contributed by atoms with Gasteiger partial charge in [0.2, 0.25) is 11.8 Å². The largest absolute Gasteiger partial charge is 0.439 e. The zero-order chi connectivity index (χ0) is 18.5. The topological polar surface area (TPSA) is 94.3 Å². The van der Waals surface area contributed by atoms with Crippen LogP contribution < -0.4 is 15.8 Å². The molecule has 3 rings (SSSR count). The summed E-state index contributed by atoms with van der Waals surface area (Å²) < 4.78 is 5.65. The SMILES string of the molecule is Cc1ccc(Oc2ccc(NC(=O)c3ccc(C(N)=O)cc3)cn2)cc1. The van der Waals surface area contributed by atoms with E-state index >= 15 is 0 Å². The first kappa shape index (κ1) is 17.2. The van der Waals surface area contributed by atoms with Gasteiger partial charge in [-0.2, -0.15) is 0 Å². The fraction of sp³-hybridized carbons (Fsp3) is 0.0500. The number of hydrogen-bond donors (Lipinski definition) is 2. The molecule has 1 heterocycles. The zero-order valence-electron chi connectivity index (χ0n) is 14.1. The molecule has 0 saturated carbocycles. The number of nitrogens with one attached hydrogen (secondary N) is 1. The Morgan fingerprint density at radius 1 is 0.923 bits per heavy atom. The number of nitrogens with zero attached hydrogens (tertiary/aromatic N) is 1. The van der Waals surface area contributed by atoms with Crippen molar-refractivity contribution in [2.75, 3.05) is 5.32 Å². The van der Waals surface area contributed by atoms with E-state index in [2.05, 4.69) is 10.3 Å². The van der Waals surface area contributed by atoms with Crippen molar-refractivity contribution in [2.45, 2.75) is 6.92 Å². The third kappa shape index (κ3) is 4.24. The van der Waals surface area contributed by atoms with Crippen LogP contribution in [0.2, 0.25) is 0 Å². The van der Waals surface area contributed by atoms with E-state index in [0.717, 1.165) is 5.56 Å². The highest BCUT2D eigenvalue weighted by Crippen LogP contribution is 2.21. The summed E-state index contributed by atoms with van der Waals surface area (Å²) in [7, 11) is 0. The van der Waals surface area contributed by atoms with Crippen molar-refractivity contribution >= 4 is 17.5 Å². The van der Waals surface area contributed by atoms with E-state index in [1.54, 1.807) is 12.1 Å². The average molecular weight is 347 g/mol. The number of ether oxygens (including phenoxy) is 1. The lowest BCUT2D eigenvalue weighted by Gasteiger charge is -2.08. The Hall–Kier alpha value is -3.67. The average Bonchev–Trinajstić information content (AvgIpc) is 2.65. The number of amides is 2. The maximum absolute atomic E-state index is 12.2. The Bertz CT molecular complexity index is 918. The highest BCUT2D eigenvalue weighted by atomic mass is 16.5. The number of carbonyl (C=O) groups is 2. The molecule has 6 nitrogen and oxygen atoms in total. The van der Waals surface area contributed by atoms with Crippen molar-refractivity contribution < 1.29 is 14.3 Å². The number of hydrogen-bond acceptors (Lipinski definition) is 4. The van der Waals surface area contributed by atoms with Crippen molar-refractivity contribution in [2.24, 2.45) is 5.73 Å². The molecule has 0 spiro atoms. The van der Waals surface area contributed by atoms with E-state index in [1.807, 2.05) is 31.2 Å². The minimum absolute atomic E-state index is 0.310. The van der Waals surface area contributed by atoms with Gasteiger partial charge in [-0.15, -0.1) is 0 Å². The quantitative estimate of drug-likeness (QED) is 0.738. The molecule has 0 aliphatic carbocycles. The van der Waals surface area contributed by atoms with Crippen molar-refractivity contribution in [3.63, 3.8) is 0 Å². The number of aryl methyl sites for hydroxylation is 1. The molecule has 2 aromatic carbocycles. The molecule has 2 amide bonds. The first-order valence-electron chi connectivity index (χ1n) is 7.93. The van der Waals surface area contributed by atoms with Crippen LogP contribution in [-0.4, -0.2) is 16.8 Å². The number of aromatic nitrogens is 1. The van der Waals surface area contributed by atoms with Crippen LogP contribution in [0, 0.1) is 6.92 Å². The molecule has 0 aliphatic heterocycles. The molecular weight excluding hydrogens is 330 g/mol. The summed E-state index contributed by atoms with van der Waals surface area (Å²) in [4.78, 5) is 27.5. The van der Waals surface area contributed by atoms with Crippen LogP contribution in [0.15, 0.2) is 66.9 Å². The molecule has 1 aromatic heterocycles. The van der Waals surface area contributed by atoms with Gasteiger partial charge < -0.3 is 15.8 Å². The van der Waals surface area contributed by atoms with Gasteiger partial charge in [-0.25, -0.2) is 4.98 Å². The Morgan fingerprint density at radius 3 is 2.15 bits per heavy atom. The number of rotatable bonds is 5. The van der Waals surface area contributed by atoms with Crippen LogP contribution in [0.5, 0.6) is 11.6 Å². The van der Waals surface area contributed by atoms with Crippen LogP contribution >= 0.6 is 0 Å². The van der Waals surface area contributed by atoms with Crippen molar-refractivity contribution in [3.05, 3.63) is 83.6 Å². The summed E-state index contributed by atoms with van der Waals surface area (Å²) in [5.41, 5.74) is 7.62. The van der Waals surface area contributed by atoms with Gasteiger partial charge >= 0.3 is 0 Å². The van der Waals surface area contributed by atoms with E-state index in [1.165, 1.54) is 30.5 Å². The summed E-state index contributed by atoms with van der Waals surface area (Å²) in [6.07, 6.45) is 1.51. The molecule has 0 fully saturated rings. The second kappa shape index (κ2) is 7.48. The summed E-state index contributed by atoms with van der Waals surface area (Å²) >= 11 is 0. The monoisotopic (exact) mass is 347 g/mol. The van der Waals surface area contributed by atoms with Gasteiger partial charge in [0, 0.05) is 17.2 Å². The fourth-order valence-electron chi connectivity index (χ4n) is 2.23. The number of primary amides is 1. The van der Waals surface area contributed by atoms with E-state index in [0.29, 0.717) is 28.4 Å². The fourth-order valence-corrected chi connectivity index (χ4v) is 2.23. The predicted octanol–water partition coefficient (Wildman–Crippen LogP) is 3.53. The van der Waals surface area contributed by atoms with Gasteiger partial charge in [-0.3, -0.25) is 9.59 Å². The molecule has 0 saturated heterocycles. The van der Waals surface area contributed by atoms with Gasteiger partial charge in [0.15, 0.2) is 0 Å². The van der Waals surface area contributed by atoms with E-state index in [-0.39, 0.29) is 5.91 Å². The molecule has 0 bridgehead atoms. The van der Waals surface area contributed by atoms with E-state index in [4.69, 9.17) is 10.5 Å². The molecular formula is C20H17N3O3. The molecule has 0 aliphatic rings. The van der Waals surface area contributed by atoms with Crippen LogP contribution in [0.1, 0.15) is 26.3 Å². The molecule has 26 heavy (non-hydrogen) atoms. The van der Waals surface area contributed by atoms with Crippen LogP contribution in [0.25, 0.3) is 0 Å². The third-order valence-corrected chi connectivity index (χ3v) is 3.67. The van der Waals surface area contributed by atoms with Crippen molar-refractivity contribution in [1.29, 1.82) is 0 Å². The van der Waals surface area contributed by atoms with Crippen molar-refractivity contribution in [3.8, 4) is 11.6 Å². The first-order valence-corrected chi connectivity index (χ1v) is 7.93. The smallest absolute Gasteiger partial charge is 0.255 e. The van der Waals surface area contributed by atoms with Gasteiger partial charge in [0.05, 0.1) is 11.9 Å². The third-order valence-electron chi connectivity index (χ3n) is 3.67. The second-order valence-electron chi connectivity index (χ2n) is 5.70. The van der Waals surface area contributed by atoms with E-state index in [9.17, 15) is 9.59 Å². The Labute approximate surface area is 150 Å². The highest BCUT2D eigenvalue weighted by molar-refractivity contribution is 6.04. The summed E-state index contributed by atoms with van der Waals surface area (Å²) in [5, 5.41) is 2.73. The molecule has 3 N–H and O–H groups in total. The number of pyridine rings is 1. The van der Waals surface area contributed by atoms with Crippen molar-refractivity contribution in [1.82, 2.24) is 4.98 Å². The van der Waals surface area contributed by atoms with Gasteiger partial charge in [0.25, 0.3) is 5.91 Å². The van der Waals surface area contributed by atoms with Gasteiger partial charge in [-0.1, -0.05) is 17.7 Å². The summed E-state index contributed by atoms with van der Waals surface area (Å²) in [6.45, 7) is 2.00.